The third-order valence-corrected chi connectivity index (χ3v) is 7.94. The van der Waals surface area contributed by atoms with Crippen LogP contribution in [0.2, 0.25) is 0 Å². The maximum Gasteiger partial charge on any atom is 0.184 e. The number of ether oxygens (including phenoxy) is 5. The Bertz CT molecular complexity index is 1100. The van der Waals surface area contributed by atoms with Crippen LogP contribution in [0.5, 0.6) is 0 Å². The highest BCUT2D eigenvalue weighted by Gasteiger charge is 2.52. The summed E-state index contributed by atoms with van der Waals surface area (Å²) in [6.45, 7) is 2.94. The first-order valence-corrected chi connectivity index (χ1v) is 13.8. The van der Waals surface area contributed by atoms with Crippen LogP contribution in [0.15, 0.2) is 91.0 Å². The van der Waals surface area contributed by atoms with Crippen LogP contribution in [-0.4, -0.2) is 46.4 Å². The van der Waals surface area contributed by atoms with Crippen molar-refractivity contribution < 1.29 is 27.9 Å². The Kier molecular flexibility index (Phi) is 8.59. The minimum atomic E-state index is -1.27. The van der Waals surface area contributed by atoms with Gasteiger partial charge in [-0.05, 0) is 11.1 Å². The van der Waals surface area contributed by atoms with Crippen LogP contribution in [0.25, 0.3) is 0 Å². The molecule has 0 amide bonds. The lowest BCUT2D eigenvalue weighted by Gasteiger charge is -2.49. The zero-order valence-corrected chi connectivity index (χ0v) is 21.1. The molecule has 0 aromatic heterocycles. The van der Waals surface area contributed by atoms with Gasteiger partial charge >= 0.3 is 0 Å². The summed E-state index contributed by atoms with van der Waals surface area (Å²) < 4.78 is 45.0. The van der Waals surface area contributed by atoms with Crippen LogP contribution in [0, 0.1) is 0 Å². The van der Waals surface area contributed by atoms with E-state index in [4.69, 9.17) is 23.7 Å². The molecule has 5 rings (SSSR count). The van der Waals surface area contributed by atoms with Crippen molar-refractivity contribution >= 4 is 10.8 Å². The van der Waals surface area contributed by atoms with Crippen molar-refractivity contribution in [3.8, 4) is 0 Å². The molecule has 36 heavy (non-hydrogen) atoms. The van der Waals surface area contributed by atoms with E-state index in [2.05, 4.69) is 0 Å². The zero-order valence-electron chi connectivity index (χ0n) is 20.3. The van der Waals surface area contributed by atoms with Crippen LogP contribution in [0.3, 0.4) is 0 Å². The molecule has 2 heterocycles. The fourth-order valence-electron chi connectivity index (χ4n) is 4.60. The second-order valence-electron chi connectivity index (χ2n) is 8.91. The van der Waals surface area contributed by atoms with Crippen molar-refractivity contribution in [2.45, 2.75) is 56.3 Å². The summed E-state index contributed by atoms with van der Waals surface area (Å²) in [5, 5.41) is 0. The summed E-state index contributed by atoms with van der Waals surface area (Å²) in [5.74, 6) is 0.451. The molecule has 7 heteroatoms. The molecule has 3 aromatic carbocycles. The average molecular weight is 509 g/mol. The SMILES string of the molecule is CCS(=O)[C@H]1O[C@@H]2COC(c3ccccc3)O[C@H]2[C@H](OCc2ccccc2)[C@@H]1OCc1ccccc1. The van der Waals surface area contributed by atoms with Crippen molar-refractivity contribution in [3.05, 3.63) is 108 Å². The fraction of sp³-hybridized carbons (Fsp3) is 0.379. The number of hydrogen-bond acceptors (Lipinski definition) is 6. The van der Waals surface area contributed by atoms with E-state index in [0.717, 1.165) is 16.7 Å². The highest BCUT2D eigenvalue weighted by molar-refractivity contribution is 7.85. The van der Waals surface area contributed by atoms with Gasteiger partial charge < -0.3 is 23.7 Å². The van der Waals surface area contributed by atoms with Crippen molar-refractivity contribution in [2.24, 2.45) is 0 Å². The monoisotopic (exact) mass is 508 g/mol. The first-order valence-electron chi connectivity index (χ1n) is 12.4. The van der Waals surface area contributed by atoms with Crippen molar-refractivity contribution in [2.75, 3.05) is 12.4 Å². The Labute approximate surface area is 214 Å². The van der Waals surface area contributed by atoms with Crippen LogP contribution in [0.4, 0.5) is 0 Å². The first-order chi connectivity index (χ1) is 17.7. The summed E-state index contributed by atoms with van der Waals surface area (Å²) in [4.78, 5) is 0. The molecule has 2 aliphatic rings. The minimum Gasteiger partial charge on any atom is -0.368 e. The molecule has 0 aliphatic carbocycles. The topological polar surface area (TPSA) is 63.2 Å². The van der Waals surface area contributed by atoms with Crippen molar-refractivity contribution in [1.82, 2.24) is 0 Å². The maximum atomic E-state index is 13.1. The van der Waals surface area contributed by atoms with Gasteiger partial charge in [0.1, 0.15) is 24.4 Å². The van der Waals surface area contributed by atoms with Gasteiger partial charge in [-0.15, -0.1) is 0 Å². The molecule has 2 saturated heterocycles. The molecule has 190 valence electrons. The second-order valence-corrected chi connectivity index (χ2v) is 10.7. The Morgan fingerprint density at radius 3 is 1.92 bits per heavy atom. The molecule has 3 aromatic rings. The van der Waals surface area contributed by atoms with E-state index >= 15 is 0 Å². The molecule has 2 unspecified atom stereocenters. The summed E-state index contributed by atoms with van der Waals surface area (Å²) in [6, 6.07) is 29.8. The lowest BCUT2D eigenvalue weighted by Crippen LogP contribution is -2.64. The van der Waals surface area contributed by atoms with Gasteiger partial charge in [0.05, 0.1) is 30.6 Å². The molecule has 0 saturated carbocycles. The van der Waals surface area contributed by atoms with Gasteiger partial charge in [0.25, 0.3) is 0 Å². The van der Waals surface area contributed by atoms with Crippen LogP contribution < -0.4 is 0 Å². The molecule has 2 aliphatic heterocycles. The normalized spacial score (nSPS) is 28.8. The third kappa shape index (κ3) is 5.94. The average Bonchev–Trinajstić information content (AvgIpc) is 2.95. The quantitative estimate of drug-likeness (QED) is 0.415. The van der Waals surface area contributed by atoms with E-state index in [-0.39, 0.29) is 0 Å². The number of rotatable bonds is 9. The Balaban J connectivity index is 1.43. The molecule has 7 atom stereocenters. The number of hydrogen-bond donors (Lipinski definition) is 0. The van der Waals surface area contributed by atoms with E-state index in [1.165, 1.54) is 0 Å². The second kappa shape index (κ2) is 12.2. The van der Waals surface area contributed by atoms with Gasteiger partial charge in [0, 0.05) is 11.3 Å². The molecule has 0 radical (unpaired) electrons. The van der Waals surface area contributed by atoms with Crippen LogP contribution in [0.1, 0.15) is 29.9 Å². The Hall–Kier alpha value is -2.39. The molecule has 0 bridgehead atoms. The van der Waals surface area contributed by atoms with E-state index in [9.17, 15) is 4.21 Å². The van der Waals surface area contributed by atoms with Gasteiger partial charge in [0.15, 0.2) is 11.7 Å². The van der Waals surface area contributed by atoms with Gasteiger partial charge in [-0.3, -0.25) is 4.21 Å². The van der Waals surface area contributed by atoms with E-state index in [0.29, 0.717) is 25.6 Å². The highest BCUT2D eigenvalue weighted by atomic mass is 32.2. The lowest BCUT2D eigenvalue weighted by molar-refractivity contribution is -0.330. The largest absolute Gasteiger partial charge is 0.368 e. The molecule has 0 N–H and O–H groups in total. The molecule has 2 fully saturated rings. The summed E-state index contributed by atoms with van der Waals surface area (Å²) in [5.41, 5.74) is 2.35. The zero-order chi connectivity index (χ0) is 24.7. The number of fused-ring (bicyclic) bond motifs is 1. The van der Waals surface area contributed by atoms with Crippen molar-refractivity contribution in [1.29, 1.82) is 0 Å². The Morgan fingerprint density at radius 2 is 1.33 bits per heavy atom. The lowest BCUT2D eigenvalue weighted by atomic mass is 9.98. The summed E-state index contributed by atoms with van der Waals surface area (Å²) in [7, 11) is -1.27. The number of benzene rings is 3. The van der Waals surface area contributed by atoms with Gasteiger partial charge in [-0.2, -0.15) is 0 Å². The van der Waals surface area contributed by atoms with Gasteiger partial charge in [-0.25, -0.2) is 0 Å². The van der Waals surface area contributed by atoms with Crippen molar-refractivity contribution in [3.63, 3.8) is 0 Å². The van der Waals surface area contributed by atoms with Crippen LogP contribution in [-0.2, 0) is 47.7 Å². The van der Waals surface area contributed by atoms with E-state index < -0.39 is 46.9 Å². The predicted octanol–water partition coefficient (Wildman–Crippen LogP) is 4.76. The third-order valence-electron chi connectivity index (χ3n) is 6.47. The highest BCUT2D eigenvalue weighted by Crippen LogP contribution is 2.37. The maximum absolute atomic E-state index is 13.1. The molecular formula is C29H32O6S. The van der Waals surface area contributed by atoms with Crippen LogP contribution >= 0.6 is 0 Å². The van der Waals surface area contributed by atoms with E-state index in [1.54, 1.807) is 0 Å². The smallest absolute Gasteiger partial charge is 0.184 e. The molecule has 0 spiro atoms. The van der Waals surface area contributed by atoms with E-state index in [1.807, 2.05) is 97.9 Å². The first kappa shape index (κ1) is 25.3. The Morgan fingerprint density at radius 1 is 0.778 bits per heavy atom. The summed E-state index contributed by atoms with van der Waals surface area (Å²) in [6.07, 6.45) is -2.48. The standard InChI is InChI=1S/C29H32O6S/c1-2-36(30)29-27(32-19-22-14-8-4-9-15-22)26(31-18-21-12-6-3-7-13-21)25-24(34-29)20-33-28(35-25)23-16-10-5-11-17-23/h3-17,24-29H,2,18-20H2,1H3/t24-,25-,26+,27+,28?,29-,36?/m1/s1. The summed E-state index contributed by atoms with van der Waals surface area (Å²) >= 11 is 0. The fourth-order valence-corrected chi connectivity index (χ4v) is 5.73. The molecule has 6 nitrogen and oxygen atoms in total. The predicted molar refractivity (Wildman–Crippen MR) is 137 cm³/mol. The molecular weight excluding hydrogens is 476 g/mol. The van der Waals surface area contributed by atoms with Gasteiger partial charge in [0.2, 0.25) is 0 Å². The minimum absolute atomic E-state index is 0.318. The van der Waals surface area contributed by atoms with Gasteiger partial charge in [-0.1, -0.05) is 97.9 Å².